The topological polar surface area (TPSA) is 55.1 Å². The predicted molar refractivity (Wildman–Crippen MR) is 108 cm³/mol. The average Bonchev–Trinajstić information content (AvgIpc) is 3.13. The lowest BCUT2D eigenvalue weighted by Gasteiger charge is -2.11. The molecule has 0 radical (unpaired) electrons. The first-order valence-electron chi connectivity index (χ1n) is 9.00. The lowest BCUT2D eigenvalue weighted by molar-refractivity contribution is -0.116. The van der Waals surface area contributed by atoms with Crippen LogP contribution in [0.2, 0.25) is 0 Å². The van der Waals surface area contributed by atoms with Crippen LogP contribution in [0.3, 0.4) is 0 Å². The van der Waals surface area contributed by atoms with E-state index in [1.807, 2.05) is 79.7 Å². The van der Waals surface area contributed by atoms with Gasteiger partial charge in [-0.1, -0.05) is 48.5 Å². The highest BCUT2D eigenvalue weighted by Gasteiger charge is 2.14. The van der Waals surface area contributed by atoms with Crippen molar-refractivity contribution in [3.05, 3.63) is 83.9 Å². The van der Waals surface area contributed by atoms with E-state index < -0.39 is 0 Å². The molecule has 134 valence electrons. The molecule has 0 spiro atoms. The lowest BCUT2D eigenvalue weighted by Crippen LogP contribution is -2.13. The van der Waals surface area contributed by atoms with E-state index in [1.54, 1.807) is 0 Å². The number of rotatable bonds is 5. The van der Waals surface area contributed by atoms with Crippen LogP contribution in [0.1, 0.15) is 17.5 Å². The molecule has 0 saturated heterocycles. The number of aromatic nitrogens is 1. The summed E-state index contributed by atoms with van der Waals surface area (Å²) < 4.78 is 5.88. The van der Waals surface area contributed by atoms with Crippen LogP contribution >= 0.6 is 0 Å². The molecule has 4 heteroatoms. The van der Waals surface area contributed by atoms with Crippen molar-refractivity contribution < 1.29 is 9.21 Å². The van der Waals surface area contributed by atoms with Gasteiger partial charge in [0.2, 0.25) is 11.8 Å². The quantitative estimate of drug-likeness (QED) is 0.523. The number of anilines is 1. The summed E-state index contributed by atoms with van der Waals surface area (Å²) in [6, 6.07) is 23.5. The zero-order valence-corrected chi connectivity index (χ0v) is 15.1. The van der Waals surface area contributed by atoms with Gasteiger partial charge in [0, 0.05) is 17.7 Å². The molecule has 4 rings (SSSR count). The first-order chi connectivity index (χ1) is 13.2. The molecule has 1 aromatic heterocycles. The van der Waals surface area contributed by atoms with Gasteiger partial charge in [-0.05, 0) is 48.7 Å². The van der Waals surface area contributed by atoms with Crippen LogP contribution in [0.25, 0.3) is 22.6 Å². The number of benzene rings is 3. The number of nitrogens with one attached hydrogen (secondary N) is 1. The summed E-state index contributed by atoms with van der Waals surface area (Å²) in [5.41, 5.74) is 5.34. The van der Waals surface area contributed by atoms with Gasteiger partial charge in [-0.15, -0.1) is 0 Å². The molecule has 1 amide bonds. The number of hydrogen-bond donors (Lipinski definition) is 1. The van der Waals surface area contributed by atoms with Crippen molar-refractivity contribution in [2.24, 2.45) is 0 Å². The van der Waals surface area contributed by atoms with Gasteiger partial charge in [-0.25, -0.2) is 4.98 Å². The minimum Gasteiger partial charge on any atom is -0.436 e. The minimum absolute atomic E-state index is 0.00308. The zero-order chi connectivity index (χ0) is 18.6. The van der Waals surface area contributed by atoms with E-state index in [2.05, 4.69) is 10.3 Å². The van der Waals surface area contributed by atoms with Crippen molar-refractivity contribution in [3.8, 4) is 11.5 Å². The van der Waals surface area contributed by atoms with Crippen molar-refractivity contribution in [2.75, 3.05) is 5.32 Å². The van der Waals surface area contributed by atoms with Crippen molar-refractivity contribution in [3.63, 3.8) is 0 Å². The highest BCUT2D eigenvalue weighted by molar-refractivity contribution is 5.93. The summed E-state index contributed by atoms with van der Waals surface area (Å²) >= 11 is 0. The summed E-state index contributed by atoms with van der Waals surface area (Å²) in [6.45, 7) is 1.97. The number of oxazole rings is 1. The standard InChI is InChI=1S/C23H20N2O2/c1-16-18(23-25-20-11-5-6-13-21(20)27-23)10-7-12-19(16)24-22(26)15-14-17-8-3-2-4-9-17/h2-13H,14-15H2,1H3,(H,24,26). The highest BCUT2D eigenvalue weighted by atomic mass is 16.3. The van der Waals surface area contributed by atoms with Crippen LogP contribution in [-0.4, -0.2) is 10.9 Å². The van der Waals surface area contributed by atoms with Crippen molar-refractivity contribution in [2.45, 2.75) is 19.8 Å². The summed E-state index contributed by atoms with van der Waals surface area (Å²) in [4.78, 5) is 16.9. The molecule has 0 atom stereocenters. The predicted octanol–water partition coefficient (Wildman–Crippen LogP) is 5.37. The Bertz CT molecular complexity index is 1050. The summed E-state index contributed by atoms with van der Waals surface area (Å²) in [7, 11) is 0. The Balaban J connectivity index is 1.52. The molecule has 3 aromatic carbocycles. The van der Waals surface area contributed by atoms with E-state index in [-0.39, 0.29) is 5.91 Å². The second-order valence-electron chi connectivity index (χ2n) is 6.50. The molecule has 4 nitrogen and oxygen atoms in total. The highest BCUT2D eigenvalue weighted by Crippen LogP contribution is 2.30. The largest absolute Gasteiger partial charge is 0.436 e. The number of aryl methyl sites for hydroxylation is 1. The number of hydrogen-bond acceptors (Lipinski definition) is 3. The Morgan fingerprint density at radius 2 is 1.74 bits per heavy atom. The third-order valence-corrected chi connectivity index (χ3v) is 4.62. The van der Waals surface area contributed by atoms with Crippen LogP contribution < -0.4 is 5.32 Å². The number of amides is 1. The van der Waals surface area contributed by atoms with E-state index in [4.69, 9.17) is 4.42 Å². The molecule has 1 N–H and O–H groups in total. The molecule has 1 heterocycles. The van der Waals surface area contributed by atoms with E-state index in [1.165, 1.54) is 0 Å². The van der Waals surface area contributed by atoms with Crippen LogP contribution in [0.4, 0.5) is 5.69 Å². The van der Waals surface area contributed by atoms with Crippen LogP contribution in [0.5, 0.6) is 0 Å². The monoisotopic (exact) mass is 356 g/mol. The molecule has 4 aromatic rings. The van der Waals surface area contributed by atoms with E-state index in [0.717, 1.165) is 39.9 Å². The van der Waals surface area contributed by atoms with Crippen molar-refractivity contribution in [1.82, 2.24) is 4.98 Å². The van der Waals surface area contributed by atoms with E-state index in [0.29, 0.717) is 12.3 Å². The molecule has 0 aliphatic carbocycles. The molecular formula is C23H20N2O2. The maximum absolute atomic E-state index is 12.4. The molecular weight excluding hydrogens is 336 g/mol. The van der Waals surface area contributed by atoms with Crippen molar-refractivity contribution >= 4 is 22.7 Å². The molecule has 0 bridgehead atoms. The van der Waals surface area contributed by atoms with E-state index in [9.17, 15) is 4.79 Å². The number of fused-ring (bicyclic) bond motifs is 1. The maximum atomic E-state index is 12.4. The fourth-order valence-electron chi connectivity index (χ4n) is 3.11. The molecule has 0 fully saturated rings. The lowest BCUT2D eigenvalue weighted by atomic mass is 10.1. The van der Waals surface area contributed by atoms with Gasteiger partial charge in [-0.2, -0.15) is 0 Å². The van der Waals surface area contributed by atoms with Gasteiger partial charge in [0.15, 0.2) is 5.58 Å². The Hall–Kier alpha value is -3.40. The Kier molecular flexibility index (Phi) is 4.71. The summed E-state index contributed by atoms with van der Waals surface area (Å²) in [5, 5.41) is 3.02. The molecule has 0 aliphatic rings. The second kappa shape index (κ2) is 7.46. The molecule has 0 aliphatic heterocycles. The maximum Gasteiger partial charge on any atom is 0.227 e. The summed E-state index contributed by atoms with van der Waals surface area (Å²) in [6.07, 6.45) is 1.16. The Morgan fingerprint density at radius 3 is 2.56 bits per heavy atom. The second-order valence-corrected chi connectivity index (χ2v) is 6.50. The SMILES string of the molecule is Cc1c(NC(=O)CCc2ccccc2)cccc1-c1nc2ccccc2o1. The smallest absolute Gasteiger partial charge is 0.227 e. The van der Waals surface area contributed by atoms with E-state index >= 15 is 0 Å². The molecule has 27 heavy (non-hydrogen) atoms. The van der Waals surface area contributed by atoms with Gasteiger partial charge in [0.05, 0.1) is 0 Å². The van der Waals surface area contributed by atoms with Gasteiger partial charge in [0.25, 0.3) is 0 Å². The Morgan fingerprint density at radius 1 is 0.963 bits per heavy atom. The minimum atomic E-state index is -0.00308. The van der Waals surface area contributed by atoms with Gasteiger partial charge in [0.1, 0.15) is 5.52 Å². The van der Waals surface area contributed by atoms with Crippen LogP contribution in [0, 0.1) is 6.92 Å². The fourth-order valence-corrected chi connectivity index (χ4v) is 3.11. The van der Waals surface area contributed by atoms with Crippen LogP contribution in [0.15, 0.2) is 77.2 Å². The third-order valence-electron chi connectivity index (χ3n) is 4.62. The number of carbonyl (C=O) groups is 1. The zero-order valence-electron chi connectivity index (χ0n) is 15.1. The number of carbonyl (C=O) groups excluding carboxylic acids is 1. The van der Waals surface area contributed by atoms with Gasteiger partial charge in [-0.3, -0.25) is 4.79 Å². The first kappa shape index (κ1) is 17.0. The molecule has 0 unspecified atom stereocenters. The normalized spacial score (nSPS) is 10.9. The number of nitrogens with zero attached hydrogens (tertiary/aromatic N) is 1. The first-order valence-corrected chi connectivity index (χ1v) is 9.00. The van der Waals surface area contributed by atoms with Crippen LogP contribution in [-0.2, 0) is 11.2 Å². The van der Waals surface area contributed by atoms with Gasteiger partial charge < -0.3 is 9.73 Å². The summed E-state index contributed by atoms with van der Waals surface area (Å²) in [5.74, 6) is 0.561. The third kappa shape index (κ3) is 3.75. The van der Waals surface area contributed by atoms with Crippen molar-refractivity contribution in [1.29, 1.82) is 0 Å². The Labute approximate surface area is 157 Å². The number of para-hydroxylation sites is 2. The fraction of sp³-hybridized carbons (Fsp3) is 0.130. The van der Waals surface area contributed by atoms with Gasteiger partial charge >= 0.3 is 0 Å². The average molecular weight is 356 g/mol. The molecule has 0 saturated carbocycles.